The van der Waals surface area contributed by atoms with Crippen LogP contribution in [0, 0.1) is 0 Å². The molecule has 0 aliphatic carbocycles. The minimum Gasteiger partial charge on any atom is -0.326 e. The van der Waals surface area contributed by atoms with Gasteiger partial charge in [-0.2, -0.15) is 0 Å². The van der Waals surface area contributed by atoms with Crippen LogP contribution in [-0.4, -0.2) is 31.0 Å². The first-order chi connectivity index (χ1) is 11.4. The highest BCUT2D eigenvalue weighted by Crippen LogP contribution is 2.16. The summed E-state index contributed by atoms with van der Waals surface area (Å²) >= 11 is 0. The van der Waals surface area contributed by atoms with Crippen LogP contribution in [0.2, 0.25) is 0 Å². The lowest BCUT2D eigenvalue weighted by Gasteiger charge is -2.07. The van der Waals surface area contributed by atoms with Crippen molar-refractivity contribution in [3.8, 4) is 0 Å². The molecule has 2 aromatic rings. The third-order valence-electron chi connectivity index (χ3n) is 3.06. The zero-order valence-electron chi connectivity index (χ0n) is 13.0. The zero-order valence-corrected chi connectivity index (χ0v) is 13.8. The van der Waals surface area contributed by atoms with E-state index in [1.165, 1.54) is 37.4 Å². The Morgan fingerprint density at radius 1 is 1.04 bits per heavy atom. The lowest BCUT2D eigenvalue weighted by molar-refractivity contribution is -0.116. The Labute approximate surface area is 140 Å². The van der Waals surface area contributed by atoms with Crippen molar-refractivity contribution in [1.82, 2.24) is 4.98 Å². The van der Waals surface area contributed by atoms with Gasteiger partial charge in [0.25, 0.3) is 0 Å². The summed E-state index contributed by atoms with van der Waals surface area (Å²) < 4.78 is 24.5. The third kappa shape index (κ3) is 5.17. The predicted molar refractivity (Wildman–Crippen MR) is 90.3 cm³/mol. The molecule has 1 aromatic heterocycles. The number of sulfone groups is 1. The highest BCUT2D eigenvalue weighted by atomic mass is 32.2. The largest absolute Gasteiger partial charge is 0.326 e. The number of rotatable bonds is 6. The van der Waals surface area contributed by atoms with Gasteiger partial charge in [0.05, 0.1) is 10.6 Å². The number of anilines is 2. The van der Waals surface area contributed by atoms with Crippen LogP contribution < -0.4 is 10.6 Å². The molecule has 1 heterocycles. The Kier molecular flexibility index (Phi) is 5.64. The van der Waals surface area contributed by atoms with Gasteiger partial charge in [-0.25, -0.2) is 13.4 Å². The highest BCUT2D eigenvalue weighted by Gasteiger charge is 2.16. The molecule has 24 heavy (non-hydrogen) atoms. The van der Waals surface area contributed by atoms with Crippen LogP contribution in [0.15, 0.2) is 53.6 Å². The summed E-state index contributed by atoms with van der Waals surface area (Å²) in [6, 6.07) is 10.9. The van der Waals surface area contributed by atoms with Crippen molar-refractivity contribution in [2.45, 2.75) is 18.2 Å². The second-order valence-corrected chi connectivity index (χ2v) is 7.15. The molecule has 0 fully saturated rings. The molecule has 0 spiro atoms. The number of pyridine rings is 1. The molecular weight excluding hydrogens is 330 g/mol. The number of nitrogens with zero attached hydrogens (tertiary/aromatic N) is 1. The van der Waals surface area contributed by atoms with Gasteiger partial charge in [-0.3, -0.25) is 9.59 Å². The van der Waals surface area contributed by atoms with E-state index in [4.69, 9.17) is 0 Å². The quantitative estimate of drug-likeness (QED) is 0.829. The Bertz CT molecular complexity index is 818. The fraction of sp³-hybridized carbons (Fsp3) is 0.188. The fourth-order valence-electron chi connectivity index (χ4n) is 1.94. The summed E-state index contributed by atoms with van der Waals surface area (Å²) in [5.74, 6) is -0.603. The molecule has 0 bridgehead atoms. The van der Waals surface area contributed by atoms with Crippen molar-refractivity contribution in [2.24, 2.45) is 0 Å². The van der Waals surface area contributed by atoms with Crippen molar-refractivity contribution in [3.63, 3.8) is 0 Å². The van der Waals surface area contributed by atoms with Crippen molar-refractivity contribution >= 4 is 33.2 Å². The molecule has 2 rings (SSSR count). The van der Waals surface area contributed by atoms with Crippen LogP contribution >= 0.6 is 0 Å². The van der Waals surface area contributed by atoms with Crippen molar-refractivity contribution in [2.75, 3.05) is 16.4 Å². The molecule has 126 valence electrons. The summed E-state index contributed by atoms with van der Waals surface area (Å²) in [7, 11) is -3.59. The number of aromatic nitrogens is 1. The minimum absolute atomic E-state index is 0.0993. The fourth-order valence-corrected chi connectivity index (χ4v) is 3.18. The van der Waals surface area contributed by atoms with Crippen molar-refractivity contribution in [3.05, 3.63) is 48.7 Å². The van der Waals surface area contributed by atoms with Crippen LogP contribution in [0.25, 0.3) is 0 Å². The molecule has 0 atom stereocenters. The van der Waals surface area contributed by atoms with E-state index in [2.05, 4.69) is 15.6 Å². The summed E-state index contributed by atoms with van der Waals surface area (Å²) in [6.07, 6.45) is 1.36. The molecule has 0 unspecified atom stereocenters. The van der Waals surface area contributed by atoms with Gasteiger partial charge in [0.15, 0.2) is 9.84 Å². The molecule has 7 nitrogen and oxygen atoms in total. The Hall–Kier alpha value is -2.74. The first-order valence-electron chi connectivity index (χ1n) is 7.18. The number of carbonyl (C=O) groups excluding carboxylic acids is 2. The number of carbonyl (C=O) groups is 2. The average Bonchev–Trinajstić information content (AvgIpc) is 2.54. The standard InChI is InChI=1S/C16H17N3O4S/c1-12(20)18-13-5-7-14(8-6-13)24(22,23)11-9-16(21)19-15-4-2-3-10-17-15/h2-8,10H,9,11H2,1H3,(H,18,20)(H,17,19,21). The molecule has 0 aliphatic rings. The van der Waals surface area contributed by atoms with Crippen LogP contribution in [0.3, 0.4) is 0 Å². The maximum atomic E-state index is 12.2. The van der Waals surface area contributed by atoms with Crippen LogP contribution in [0.5, 0.6) is 0 Å². The normalized spacial score (nSPS) is 10.9. The minimum atomic E-state index is -3.59. The van der Waals surface area contributed by atoms with Gasteiger partial charge >= 0.3 is 0 Å². The van der Waals surface area contributed by atoms with Gasteiger partial charge in [-0.1, -0.05) is 6.07 Å². The van der Waals surface area contributed by atoms with Crippen molar-refractivity contribution < 1.29 is 18.0 Å². The Balaban J connectivity index is 1.95. The SMILES string of the molecule is CC(=O)Nc1ccc(S(=O)(=O)CCC(=O)Nc2ccccn2)cc1. The number of amides is 2. The van der Waals surface area contributed by atoms with E-state index in [0.717, 1.165) is 0 Å². The molecule has 0 radical (unpaired) electrons. The lowest BCUT2D eigenvalue weighted by Crippen LogP contribution is -2.18. The van der Waals surface area contributed by atoms with Crippen LogP contribution in [0.4, 0.5) is 11.5 Å². The lowest BCUT2D eigenvalue weighted by atomic mass is 10.3. The van der Waals surface area contributed by atoms with E-state index in [0.29, 0.717) is 11.5 Å². The maximum absolute atomic E-state index is 12.2. The molecule has 2 N–H and O–H groups in total. The monoisotopic (exact) mass is 347 g/mol. The number of hydrogen-bond acceptors (Lipinski definition) is 5. The summed E-state index contributed by atoms with van der Waals surface area (Å²) in [5, 5.41) is 5.09. The summed E-state index contributed by atoms with van der Waals surface area (Å²) in [5.41, 5.74) is 0.509. The third-order valence-corrected chi connectivity index (χ3v) is 4.80. The van der Waals surface area contributed by atoms with Crippen molar-refractivity contribution in [1.29, 1.82) is 0 Å². The molecule has 1 aromatic carbocycles. The van der Waals surface area contributed by atoms with Crippen LogP contribution in [0.1, 0.15) is 13.3 Å². The molecule has 0 aliphatic heterocycles. The van der Waals surface area contributed by atoms with E-state index < -0.39 is 15.7 Å². The first kappa shape index (κ1) is 17.6. The average molecular weight is 347 g/mol. The van der Waals surface area contributed by atoms with E-state index in [9.17, 15) is 18.0 Å². The summed E-state index contributed by atoms with van der Waals surface area (Å²) in [6.45, 7) is 1.37. The molecular formula is C16H17N3O4S. The smallest absolute Gasteiger partial charge is 0.226 e. The second-order valence-electron chi connectivity index (χ2n) is 5.04. The van der Waals surface area contributed by atoms with Gasteiger partial charge in [-0.05, 0) is 36.4 Å². The predicted octanol–water partition coefficient (Wildman–Crippen LogP) is 1.84. The van der Waals surface area contributed by atoms with Gasteiger partial charge in [0, 0.05) is 25.2 Å². The maximum Gasteiger partial charge on any atom is 0.226 e. The zero-order chi connectivity index (χ0) is 17.6. The van der Waals surface area contributed by atoms with Crippen LogP contribution in [-0.2, 0) is 19.4 Å². The number of hydrogen-bond donors (Lipinski definition) is 2. The Morgan fingerprint density at radius 2 is 1.75 bits per heavy atom. The Morgan fingerprint density at radius 3 is 2.33 bits per heavy atom. The molecule has 8 heteroatoms. The van der Waals surface area contributed by atoms with Gasteiger partial charge in [-0.15, -0.1) is 0 Å². The first-order valence-corrected chi connectivity index (χ1v) is 8.83. The van der Waals surface area contributed by atoms with Gasteiger partial charge in [0.2, 0.25) is 11.8 Å². The molecule has 2 amide bonds. The summed E-state index contributed by atoms with van der Waals surface area (Å²) in [4.78, 5) is 26.8. The van der Waals surface area contributed by atoms with E-state index in [1.54, 1.807) is 18.2 Å². The van der Waals surface area contributed by atoms with E-state index in [-0.39, 0.29) is 23.0 Å². The van der Waals surface area contributed by atoms with Gasteiger partial charge < -0.3 is 10.6 Å². The van der Waals surface area contributed by atoms with E-state index >= 15 is 0 Å². The van der Waals surface area contributed by atoms with E-state index in [1.807, 2.05) is 0 Å². The number of benzene rings is 1. The second kappa shape index (κ2) is 7.69. The topological polar surface area (TPSA) is 105 Å². The molecule has 0 saturated carbocycles. The highest BCUT2D eigenvalue weighted by molar-refractivity contribution is 7.91. The number of nitrogens with one attached hydrogen (secondary N) is 2. The van der Waals surface area contributed by atoms with Gasteiger partial charge in [0.1, 0.15) is 5.82 Å². The molecule has 0 saturated heterocycles.